The summed E-state index contributed by atoms with van der Waals surface area (Å²) in [7, 11) is 0. The third-order valence-corrected chi connectivity index (χ3v) is 4.24. The summed E-state index contributed by atoms with van der Waals surface area (Å²) < 4.78 is 0. The lowest BCUT2D eigenvalue weighted by molar-refractivity contribution is 0.772. The minimum absolute atomic E-state index is 0.620. The average molecular weight is 283 g/mol. The summed E-state index contributed by atoms with van der Waals surface area (Å²) in [6.45, 7) is 3.20. The molecule has 2 nitrogen and oxygen atoms in total. The van der Waals surface area contributed by atoms with Crippen molar-refractivity contribution in [1.82, 2.24) is 4.98 Å². The van der Waals surface area contributed by atoms with Gasteiger partial charge in [-0.3, -0.25) is 0 Å². The molecule has 1 aliphatic rings. The third kappa shape index (κ3) is 2.97. The summed E-state index contributed by atoms with van der Waals surface area (Å²) in [5.74, 6) is 1.04. The van der Waals surface area contributed by atoms with Gasteiger partial charge < -0.3 is 5.32 Å². The summed E-state index contributed by atoms with van der Waals surface area (Å²) in [6.07, 6.45) is 5.96. The Morgan fingerprint density at radius 1 is 1.44 bits per heavy atom. The van der Waals surface area contributed by atoms with E-state index in [1.54, 1.807) is 0 Å². The average Bonchev–Trinajstić information content (AvgIpc) is 2.76. The molecule has 1 unspecified atom stereocenters. The van der Waals surface area contributed by atoms with Crippen LogP contribution in [0, 0.1) is 0 Å². The number of aromatic nitrogens is 1. The molecule has 0 fully saturated rings. The van der Waals surface area contributed by atoms with E-state index < -0.39 is 0 Å². The van der Waals surface area contributed by atoms with Crippen LogP contribution in [0.25, 0.3) is 0 Å². The van der Waals surface area contributed by atoms with Crippen LogP contribution in [0.4, 0.5) is 5.82 Å². The van der Waals surface area contributed by atoms with Crippen LogP contribution < -0.4 is 5.32 Å². The summed E-state index contributed by atoms with van der Waals surface area (Å²) in [6, 6.07) is 4.34. The lowest BCUT2D eigenvalue weighted by Crippen LogP contribution is -2.09. The number of fused-ring (bicyclic) bond motifs is 1. The predicted molar refractivity (Wildman–Crippen MR) is 72.4 cm³/mol. The molecule has 1 aromatic heterocycles. The van der Waals surface area contributed by atoms with Gasteiger partial charge >= 0.3 is 0 Å². The van der Waals surface area contributed by atoms with Gasteiger partial charge in [0.15, 0.2) is 0 Å². The SMILES string of the molecule is CCC(Br)CCNc1ccc2c(n1)CCC2. The lowest BCUT2D eigenvalue weighted by Gasteiger charge is -2.09. The maximum absolute atomic E-state index is 4.65. The quantitative estimate of drug-likeness (QED) is 0.836. The van der Waals surface area contributed by atoms with Crippen molar-refractivity contribution in [3.63, 3.8) is 0 Å². The van der Waals surface area contributed by atoms with E-state index in [1.807, 2.05) is 0 Å². The maximum atomic E-state index is 4.65. The number of nitrogens with one attached hydrogen (secondary N) is 1. The topological polar surface area (TPSA) is 24.9 Å². The zero-order valence-electron chi connectivity index (χ0n) is 9.80. The second-order valence-electron chi connectivity index (χ2n) is 4.38. The number of nitrogens with zero attached hydrogens (tertiary/aromatic N) is 1. The van der Waals surface area contributed by atoms with Gasteiger partial charge in [0.25, 0.3) is 0 Å². The molecule has 0 saturated heterocycles. The summed E-state index contributed by atoms with van der Waals surface area (Å²) in [5.41, 5.74) is 2.74. The fourth-order valence-electron chi connectivity index (χ4n) is 2.08. The highest BCUT2D eigenvalue weighted by molar-refractivity contribution is 9.09. The molecule has 1 heterocycles. The van der Waals surface area contributed by atoms with E-state index in [2.05, 4.69) is 45.3 Å². The van der Waals surface area contributed by atoms with Gasteiger partial charge in [0, 0.05) is 17.1 Å². The number of hydrogen-bond donors (Lipinski definition) is 1. The molecule has 1 aromatic rings. The second-order valence-corrected chi connectivity index (χ2v) is 5.67. The van der Waals surface area contributed by atoms with E-state index in [0.717, 1.165) is 25.2 Å². The van der Waals surface area contributed by atoms with Gasteiger partial charge in [-0.05, 0) is 43.7 Å². The molecule has 1 atom stereocenters. The highest BCUT2D eigenvalue weighted by Gasteiger charge is 2.12. The molecule has 16 heavy (non-hydrogen) atoms. The Hall–Kier alpha value is -0.570. The fourth-order valence-corrected chi connectivity index (χ4v) is 2.31. The van der Waals surface area contributed by atoms with Gasteiger partial charge in [0.1, 0.15) is 5.82 Å². The summed E-state index contributed by atoms with van der Waals surface area (Å²) in [4.78, 5) is 5.27. The molecule has 0 bridgehead atoms. The summed E-state index contributed by atoms with van der Waals surface area (Å²) in [5, 5.41) is 3.40. The highest BCUT2D eigenvalue weighted by atomic mass is 79.9. The van der Waals surface area contributed by atoms with E-state index in [0.29, 0.717) is 4.83 Å². The fraction of sp³-hybridized carbons (Fsp3) is 0.615. The molecule has 0 radical (unpaired) electrons. The van der Waals surface area contributed by atoms with Crippen LogP contribution in [-0.4, -0.2) is 16.4 Å². The van der Waals surface area contributed by atoms with Crippen molar-refractivity contribution in [2.24, 2.45) is 0 Å². The molecule has 0 aliphatic heterocycles. The summed E-state index contributed by atoms with van der Waals surface area (Å²) >= 11 is 3.64. The van der Waals surface area contributed by atoms with Crippen LogP contribution in [0.3, 0.4) is 0 Å². The smallest absolute Gasteiger partial charge is 0.126 e. The number of alkyl halides is 1. The van der Waals surface area contributed by atoms with Crippen LogP contribution in [0.15, 0.2) is 12.1 Å². The van der Waals surface area contributed by atoms with E-state index in [4.69, 9.17) is 0 Å². The van der Waals surface area contributed by atoms with E-state index in [1.165, 1.54) is 30.5 Å². The Balaban J connectivity index is 1.86. The zero-order valence-corrected chi connectivity index (χ0v) is 11.4. The second kappa shape index (κ2) is 5.67. The highest BCUT2D eigenvalue weighted by Crippen LogP contribution is 2.21. The first-order valence-electron chi connectivity index (χ1n) is 6.16. The molecule has 0 spiro atoms. The number of rotatable bonds is 5. The van der Waals surface area contributed by atoms with E-state index in [-0.39, 0.29) is 0 Å². The van der Waals surface area contributed by atoms with Crippen LogP contribution in [0.5, 0.6) is 0 Å². The molecule has 1 N–H and O–H groups in total. The number of anilines is 1. The maximum Gasteiger partial charge on any atom is 0.126 e. The van der Waals surface area contributed by atoms with Crippen molar-refractivity contribution in [2.45, 2.75) is 43.9 Å². The molecule has 0 aromatic carbocycles. The Bertz CT molecular complexity index is 352. The van der Waals surface area contributed by atoms with Gasteiger partial charge in [-0.15, -0.1) is 0 Å². The largest absolute Gasteiger partial charge is 0.370 e. The van der Waals surface area contributed by atoms with Crippen molar-refractivity contribution in [1.29, 1.82) is 0 Å². The molecule has 2 rings (SSSR count). The van der Waals surface area contributed by atoms with Gasteiger partial charge in [-0.25, -0.2) is 4.98 Å². The van der Waals surface area contributed by atoms with Crippen LogP contribution in [0.1, 0.15) is 37.4 Å². The minimum atomic E-state index is 0.620. The van der Waals surface area contributed by atoms with Crippen LogP contribution in [-0.2, 0) is 12.8 Å². The van der Waals surface area contributed by atoms with Crippen molar-refractivity contribution >= 4 is 21.7 Å². The van der Waals surface area contributed by atoms with Crippen LogP contribution >= 0.6 is 15.9 Å². The third-order valence-electron chi connectivity index (χ3n) is 3.13. The molecule has 88 valence electrons. The standard InChI is InChI=1S/C13H19BrN2/c1-2-11(14)8-9-15-13-7-6-10-4-3-5-12(10)16-13/h6-7,11H,2-5,8-9H2,1H3,(H,15,16). The first-order valence-corrected chi connectivity index (χ1v) is 7.08. The monoisotopic (exact) mass is 282 g/mol. The van der Waals surface area contributed by atoms with E-state index >= 15 is 0 Å². The van der Waals surface area contributed by atoms with Crippen molar-refractivity contribution in [3.8, 4) is 0 Å². The molecular formula is C13H19BrN2. The molecule has 0 saturated carbocycles. The molecule has 1 aliphatic carbocycles. The Kier molecular flexibility index (Phi) is 4.22. The predicted octanol–water partition coefficient (Wildman–Crippen LogP) is 3.55. The van der Waals surface area contributed by atoms with E-state index in [9.17, 15) is 0 Å². The number of pyridine rings is 1. The van der Waals surface area contributed by atoms with Crippen molar-refractivity contribution in [2.75, 3.05) is 11.9 Å². The first kappa shape index (κ1) is 11.9. The van der Waals surface area contributed by atoms with Crippen molar-refractivity contribution in [3.05, 3.63) is 23.4 Å². The normalized spacial score (nSPS) is 15.9. The number of halogens is 1. The molecule has 3 heteroatoms. The molecule has 0 amide bonds. The Labute approximate surface area is 106 Å². The van der Waals surface area contributed by atoms with Crippen LogP contribution in [0.2, 0.25) is 0 Å². The molecular weight excluding hydrogens is 264 g/mol. The Morgan fingerprint density at radius 3 is 3.12 bits per heavy atom. The minimum Gasteiger partial charge on any atom is -0.370 e. The Morgan fingerprint density at radius 2 is 2.31 bits per heavy atom. The number of hydrogen-bond acceptors (Lipinski definition) is 2. The number of aryl methyl sites for hydroxylation is 2. The van der Waals surface area contributed by atoms with Crippen molar-refractivity contribution < 1.29 is 0 Å². The van der Waals surface area contributed by atoms with Gasteiger partial charge in [-0.1, -0.05) is 28.9 Å². The zero-order chi connectivity index (χ0) is 11.4. The van der Waals surface area contributed by atoms with Gasteiger partial charge in [0.05, 0.1) is 0 Å². The lowest BCUT2D eigenvalue weighted by atomic mass is 10.2. The first-order chi connectivity index (χ1) is 7.79. The van der Waals surface area contributed by atoms with Gasteiger partial charge in [-0.2, -0.15) is 0 Å². The van der Waals surface area contributed by atoms with Gasteiger partial charge in [0.2, 0.25) is 0 Å².